The molecular formula is C22H21ClN2O4S. The van der Waals surface area contributed by atoms with Gasteiger partial charge < -0.3 is 19.8 Å². The van der Waals surface area contributed by atoms with E-state index in [9.17, 15) is 9.59 Å². The molecule has 156 valence electrons. The van der Waals surface area contributed by atoms with Crippen LogP contribution in [-0.2, 0) is 0 Å². The smallest absolute Gasteiger partial charge is 0.291 e. The van der Waals surface area contributed by atoms with Crippen LogP contribution in [0.2, 0.25) is 5.02 Å². The van der Waals surface area contributed by atoms with Crippen molar-refractivity contribution in [2.75, 3.05) is 10.6 Å². The van der Waals surface area contributed by atoms with Gasteiger partial charge in [0.1, 0.15) is 5.75 Å². The molecule has 6 nitrogen and oxygen atoms in total. The molecule has 1 fully saturated rings. The fraction of sp³-hybridized carbons (Fsp3) is 0.273. The Morgan fingerprint density at radius 2 is 1.93 bits per heavy atom. The summed E-state index contributed by atoms with van der Waals surface area (Å²) in [4.78, 5) is 25.4. The molecule has 2 N–H and O–H groups in total. The molecular weight excluding hydrogens is 424 g/mol. The summed E-state index contributed by atoms with van der Waals surface area (Å²) in [6, 6.07) is 10.2. The number of carbonyl (C=O) groups excluding carboxylic acids is 2. The SMILES string of the molecule is Cc1cc(NC(=O)c2ccco2)sc1C(=O)Nc1ccc(OC2CCCC2)c(Cl)c1. The summed E-state index contributed by atoms with van der Waals surface area (Å²) in [7, 11) is 0. The maximum Gasteiger partial charge on any atom is 0.291 e. The highest BCUT2D eigenvalue weighted by Crippen LogP contribution is 2.33. The average Bonchev–Trinajstić information content (AvgIpc) is 3.46. The molecule has 0 saturated heterocycles. The average molecular weight is 445 g/mol. The predicted octanol–water partition coefficient (Wildman–Crippen LogP) is 6.13. The lowest BCUT2D eigenvalue weighted by molar-refractivity contribution is 0.0995. The minimum atomic E-state index is -0.363. The number of nitrogens with one attached hydrogen (secondary N) is 2. The van der Waals surface area contributed by atoms with E-state index in [1.165, 1.54) is 30.4 Å². The molecule has 8 heteroatoms. The van der Waals surface area contributed by atoms with Crippen LogP contribution in [0.5, 0.6) is 5.75 Å². The molecule has 3 aromatic rings. The van der Waals surface area contributed by atoms with Gasteiger partial charge in [-0.2, -0.15) is 0 Å². The highest BCUT2D eigenvalue weighted by atomic mass is 35.5. The Kier molecular flexibility index (Phi) is 6.11. The first-order chi connectivity index (χ1) is 14.5. The van der Waals surface area contributed by atoms with Gasteiger partial charge in [0.15, 0.2) is 5.76 Å². The zero-order chi connectivity index (χ0) is 21.1. The molecule has 1 aliphatic carbocycles. The summed E-state index contributed by atoms with van der Waals surface area (Å²) in [5.74, 6) is 0.216. The standard InChI is InChI=1S/C22H21ClN2O4S/c1-13-11-19(25-21(26)18-7-4-10-28-18)30-20(13)22(27)24-14-8-9-17(16(23)12-14)29-15-5-2-3-6-15/h4,7-12,15H,2-3,5-6H2,1H3,(H,24,27)(H,25,26). The predicted molar refractivity (Wildman–Crippen MR) is 118 cm³/mol. The Labute approximate surface area is 183 Å². The van der Waals surface area contributed by atoms with Crippen LogP contribution in [0.1, 0.15) is 51.5 Å². The molecule has 1 aliphatic rings. The van der Waals surface area contributed by atoms with E-state index in [1.807, 2.05) is 6.92 Å². The highest BCUT2D eigenvalue weighted by Gasteiger charge is 2.19. The van der Waals surface area contributed by atoms with E-state index < -0.39 is 0 Å². The van der Waals surface area contributed by atoms with Crippen LogP contribution >= 0.6 is 22.9 Å². The fourth-order valence-corrected chi connectivity index (χ4v) is 4.59. The lowest BCUT2D eigenvalue weighted by Gasteiger charge is -2.15. The largest absolute Gasteiger partial charge is 0.489 e. The summed E-state index contributed by atoms with van der Waals surface area (Å²) in [5, 5.41) is 6.63. The van der Waals surface area contributed by atoms with Crippen LogP contribution in [0.4, 0.5) is 10.7 Å². The van der Waals surface area contributed by atoms with Crippen molar-refractivity contribution in [1.29, 1.82) is 0 Å². The van der Waals surface area contributed by atoms with Gasteiger partial charge >= 0.3 is 0 Å². The second-order valence-corrected chi connectivity index (χ2v) is 8.64. The number of hydrogen-bond donors (Lipinski definition) is 2. The third-order valence-electron chi connectivity index (χ3n) is 4.89. The van der Waals surface area contributed by atoms with E-state index in [0.29, 0.717) is 26.3 Å². The lowest BCUT2D eigenvalue weighted by Crippen LogP contribution is -2.13. The zero-order valence-corrected chi connectivity index (χ0v) is 17.9. The topological polar surface area (TPSA) is 80.6 Å². The number of carbonyl (C=O) groups is 2. The third kappa shape index (κ3) is 4.68. The Morgan fingerprint density at radius 1 is 1.13 bits per heavy atom. The van der Waals surface area contributed by atoms with Gasteiger partial charge in [0.25, 0.3) is 11.8 Å². The third-order valence-corrected chi connectivity index (χ3v) is 6.34. The number of halogens is 1. The molecule has 4 rings (SSSR count). The second kappa shape index (κ2) is 8.93. The number of thiophene rings is 1. The van der Waals surface area contributed by atoms with Gasteiger partial charge in [0.2, 0.25) is 0 Å². The Bertz CT molecular complexity index is 1060. The van der Waals surface area contributed by atoms with Crippen LogP contribution in [0.3, 0.4) is 0 Å². The molecule has 0 atom stereocenters. The van der Waals surface area contributed by atoms with Crippen molar-refractivity contribution in [3.63, 3.8) is 0 Å². The van der Waals surface area contributed by atoms with Crippen LogP contribution in [-0.4, -0.2) is 17.9 Å². The highest BCUT2D eigenvalue weighted by molar-refractivity contribution is 7.18. The Balaban J connectivity index is 1.41. The molecule has 0 aliphatic heterocycles. The minimum Gasteiger partial charge on any atom is -0.489 e. The lowest BCUT2D eigenvalue weighted by atomic mass is 10.2. The molecule has 2 aromatic heterocycles. The molecule has 2 heterocycles. The van der Waals surface area contributed by atoms with Gasteiger partial charge in [0, 0.05) is 5.69 Å². The molecule has 0 bridgehead atoms. The van der Waals surface area contributed by atoms with E-state index in [-0.39, 0.29) is 23.7 Å². The van der Waals surface area contributed by atoms with Crippen molar-refractivity contribution in [2.45, 2.75) is 38.7 Å². The first-order valence-corrected chi connectivity index (χ1v) is 10.9. The summed E-state index contributed by atoms with van der Waals surface area (Å²) < 4.78 is 11.0. The number of ether oxygens (including phenoxy) is 1. The van der Waals surface area contributed by atoms with Crippen LogP contribution in [0.15, 0.2) is 47.1 Å². The minimum absolute atomic E-state index is 0.210. The molecule has 0 radical (unpaired) electrons. The van der Waals surface area contributed by atoms with Crippen LogP contribution in [0.25, 0.3) is 0 Å². The molecule has 1 saturated carbocycles. The molecule has 0 unspecified atom stereocenters. The van der Waals surface area contributed by atoms with Crippen molar-refractivity contribution < 1.29 is 18.7 Å². The first kappa shape index (κ1) is 20.5. The van der Waals surface area contributed by atoms with E-state index in [0.717, 1.165) is 18.4 Å². The number of hydrogen-bond acceptors (Lipinski definition) is 5. The van der Waals surface area contributed by atoms with Gasteiger partial charge in [-0.1, -0.05) is 11.6 Å². The van der Waals surface area contributed by atoms with Gasteiger partial charge in [-0.25, -0.2) is 0 Å². The van der Waals surface area contributed by atoms with Gasteiger partial charge in [-0.15, -0.1) is 11.3 Å². The summed E-state index contributed by atoms with van der Waals surface area (Å²) in [6.45, 7) is 1.82. The van der Waals surface area contributed by atoms with Crippen LogP contribution < -0.4 is 15.4 Å². The summed E-state index contributed by atoms with van der Waals surface area (Å²) >= 11 is 7.55. The van der Waals surface area contributed by atoms with Crippen molar-refractivity contribution in [1.82, 2.24) is 0 Å². The number of amides is 2. The van der Waals surface area contributed by atoms with E-state index >= 15 is 0 Å². The molecule has 0 spiro atoms. The van der Waals surface area contributed by atoms with E-state index in [1.54, 1.807) is 36.4 Å². The number of aryl methyl sites for hydroxylation is 1. The zero-order valence-electron chi connectivity index (χ0n) is 16.4. The fourth-order valence-electron chi connectivity index (χ4n) is 3.40. The molecule has 30 heavy (non-hydrogen) atoms. The van der Waals surface area contributed by atoms with Crippen LogP contribution in [0, 0.1) is 6.92 Å². The maximum atomic E-state index is 12.7. The first-order valence-electron chi connectivity index (χ1n) is 9.72. The van der Waals surface area contributed by atoms with Crippen molar-refractivity contribution in [3.8, 4) is 5.75 Å². The molecule has 1 aromatic carbocycles. The molecule has 2 amide bonds. The summed E-state index contributed by atoms with van der Waals surface area (Å²) in [5.41, 5.74) is 1.34. The normalized spacial score (nSPS) is 13.9. The number of furan rings is 1. The Morgan fingerprint density at radius 3 is 2.63 bits per heavy atom. The van der Waals surface area contributed by atoms with Gasteiger partial charge in [0.05, 0.1) is 27.3 Å². The maximum absolute atomic E-state index is 12.7. The van der Waals surface area contributed by atoms with Crippen molar-refractivity contribution in [2.24, 2.45) is 0 Å². The van der Waals surface area contributed by atoms with Gasteiger partial charge in [-0.3, -0.25) is 9.59 Å². The van der Waals surface area contributed by atoms with E-state index in [4.69, 9.17) is 20.8 Å². The second-order valence-electron chi connectivity index (χ2n) is 7.18. The number of anilines is 2. The van der Waals surface area contributed by atoms with Crippen molar-refractivity contribution >= 4 is 45.4 Å². The van der Waals surface area contributed by atoms with Gasteiger partial charge in [-0.05, 0) is 74.6 Å². The quantitative estimate of drug-likeness (QED) is 0.479. The van der Waals surface area contributed by atoms with E-state index in [2.05, 4.69) is 10.6 Å². The number of benzene rings is 1. The number of rotatable bonds is 6. The van der Waals surface area contributed by atoms with Crippen molar-refractivity contribution in [3.05, 3.63) is 63.9 Å². The summed E-state index contributed by atoms with van der Waals surface area (Å²) in [6.07, 6.45) is 6.10. The Hall–Kier alpha value is -2.77. The monoisotopic (exact) mass is 444 g/mol.